The normalized spacial score (nSPS) is 26.3. The molecule has 36 nitrogen and oxygen atoms in total. The van der Waals surface area contributed by atoms with E-state index in [1.807, 2.05) is 106 Å². The molecule has 3 aliphatic heterocycles. The number of oxazole rings is 1. The molecule has 129 heavy (non-hydrogen) atoms. The Kier molecular flexibility index (Phi) is 44.7. The van der Waals surface area contributed by atoms with Crippen LogP contribution in [0.5, 0.6) is 0 Å². The molecule has 3 fully saturated rings. The van der Waals surface area contributed by atoms with Gasteiger partial charge in [-0.25, -0.2) is 24.1 Å². The number of unbranched alkanes of at least 4 members (excludes halogenated alkanes) is 1. The highest BCUT2D eigenvalue weighted by atomic mass is 16.6. The number of allylic oxidation sites excluding steroid dienone is 6. The van der Waals surface area contributed by atoms with Gasteiger partial charge in [0.2, 0.25) is 11.7 Å². The Morgan fingerprint density at radius 1 is 0.729 bits per heavy atom. The fourth-order valence-electron chi connectivity index (χ4n) is 16.7. The zero-order valence-electron chi connectivity index (χ0n) is 77.7. The number of nitrogens with one attached hydrogen (secondary N) is 1. The van der Waals surface area contributed by atoms with Crippen LogP contribution in [0.2, 0.25) is 0 Å². The van der Waals surface area contributed by atoms with E-state index in [4.69, 9.17) is 86.3 Å². The van der Waals surface area contributed by atoms with Crippen molar-refractivity contribution in [3.63, 3.8) is 0 Å². The number of hydrogen-bond donors (Lipinski definition) is 4. The van der Waals surface area contributed by atoms with Crippen LogP contribution in [-0.4, -0.2) is 312 Å². The van der Waals surface area contributed by atoms with Crippen molar-refractivity contribution in [2.45, 2.75) is 219 Å². The lowest BCUT2D eigenvalue weighted by Crippen LogP contribution is -2.61. The maximum Gasteiger partial charge on any atom is 0.329 e. The molecule has 1 aromatic carbocycles. The van der Waals surface area contributed by atoms with Crippen molar-refractivity contribution in [3.8, 4) is 11.3 Å². The predicted molar refractivity (Wildman–Crippen MR) is 479 cm³/mol. The second-order valence-corrected chi connectivity index (χ2v) is 34.3. The minimum Gasteiger partial charge on any atom is -0.460 e. The van der Waals surface area contributed by atoms with E-state index in [1.54, 1.807) is 52.1 Å². The maximum atomic E-state index is 14.8. The molecule has 0 unspecified atom stereocenters. The average molecular weight is 1810 g/mol. The minimum atomic E-state index is -2.47. The van der Waals surface area contributed by atoms with Crippen molar-refractivity contribution in [2.24, 2.45) is 35.5 Å². The number of benzene rings is 1. The summed E-state index contributed by atoms with van der Waals surface area (Å²) in [6, 6.07) is 4.56. The quantitative estimate of drug-likeness (QED) is 0.0122. The Morgan fingerprint density at radius 2 is 1.40 bits per heavy atom. The number of hydrogen-bond acceptors (Lipinski definition) is 32. The van der Waals surface area contributed by atoms with Crippen LogP contribution < -0.4 is 16.0 Å². The van der Waals surface area contributed by atoms with E-state index in [2.05, 4.69) is 30.6 Å². The molecule has 1 aliphatic carbocycles. The van der Waals surface area contributed by atoms with Crippen LogP contribution >= 0.6 is 0 Å². The molecule has 718 valence electrons. The number of methoxy groups -OCH3 is 3. The highest BCUT2D eigenvalue weighted by molar-refractivity contribution is 6.39. The zero-order chi connectivity index (χ0) is 92.6. The molecule has 7 heterocycles. The number of fused-ring (bicyclic) bond motifs is 5. The summed E-state index contributed by atoms with van der Waals surface area (Å²) in [5.74, 6) is -7.63. The van der Waals surface area contributed by atoms with Crippen LogP contribution in [0.1, 0.15) is 150 Å². The summed E-state index contributed by atoms with van der Waals surface area (Å²) in [5.41, 5.74) is 11.2. The van der Waals surface area contributed by atoms with Crippen LogP contribution in [-0.2, 0) is 120 Å². The number of aromatic nitrogens is 8. The molecule has 9 rings (SSSR count). The van der Waals surface area contributed by atoms with Crippen molar-refractivity contribution < 1.29 is 114 Å². The van der Waals surface area contributed by atoms with E-state index in [0.717, 1.165) is 52.9 Å². The molecule has 5 aromatic rings. The Morgan fingerprint density at radius 3 is 2.07 bits per heavy atom. The minimum absolute atomic E-state index is 0.00903. The number of aliphatic hydroxyl groups excluding tert-OH is 1. The summed E-state index contributed by atoms with van der Waals surface area (Å²) >= 11 is 0. The third kappa shape index (κ3) is 32.9. The number of aryl methyl sites for hydroxylation is 1. The van der Waals surface area contributed by atoms with Crippen molar-refractivity contribution in [1.29, 1.82) is 0 Å². The van der Waals surface area contributed by atoms with Crippen LogP contribution in [0.25, 0.3) is 33.4 Å². The van der Waals surface area contributed by atoms with E-state index in [9.17, 15) is 39.0 Å². The molecule has 4 aliphatic rings. The molecular weight excluding hydrogens is 1670 g/mol. The number of carbonyl (C=O) groups is 6. The SMILES string of the molecule is CO[C@H]1C[C@@H]2CC[C@@H](C)[C@@](O)(O2)C(=O)C(=O)N2CCCC[C@H]2C(=O)O[C@H]([C@H](C)C[C@@H]2CC[C@@H](OCCOCc3cn(CCOCCOCCOCCOCCOCCOCCOCCOCCC(=O)NCCCCn4nc(-c5ccc6oc(N)nc6c5)c5c(N(C)C)ncnc54)nn3)[C@H](OC)C2)CC(=O)[C@H](C)/C=C(\C)[C@@H](O)[C@@H](OC)C(=O)[C@H](C)C[C@H](C)/C=C/C=C/C=C/1C. The average Bonchev–Trinajstić information content (AvgIpc) is 0.947. The predicted octanol–water partition coefficient (Wildman–Crippen LogP) is 8.73. The maximum absolute atomic E-state index is 14.8. The molecule has 36 heteroatoms. The molecule has 1 saturated carbocycles. The zero-order valence-corrected chi connectivity index (χ0v) is 77.7. The first-order valence-electron chi connectivity index (χ1n) is 45.8. The van der Waals surface area contributed by atoms with E-state index in [1.165, 1.54) is 12.0 Å². The molecule has 15 atom stereocenters. The summed E-state index contributed by atoms with van der Waals surface area (Å²) < 4.78 is 96.6. The number of cyclic esters (lactones) is 1. The first-order chi connectivity index (χ1) is 62.3. The topological polar surface area (TPSA) is 426 Å². The number of nitrogens with two attached hydrogens (primary N) is 1. The largest absolute Gasteiger partial charge is 0.460 e. The summed E-state index contributed by atoms with van der Waals surface area (Å²) in [5, 5.41) is 41.0. The second-order valence-electron chi connectivity index (χ2n) is 34.3. The lowest BCUT2D eigenvalue weighted by molar-refractivity contribution is -0.265. The Hall–Kier alpha value is -8.28. The Bertz CT molecular complexity index is 4380. The highest BCUT2D eigenvalue weighted by Gasteiger charge is 2.53. The number of nitrogens with zero attached hydrogens (tertiary/aromatic N) is 10. The van der Waals surface area contributed by atoms with Gasteiger partial charge in [0.1, 0.15) is 59.2 Å². The van der Waals surface area contributed by atoms with Gasteiger partial charge in [-0.1, -0.05) is 76.3 Å². The van der Waals surface area contributed by atoms with Gasteiger partial charge in [-0.05, 0) is 138 Å². The number of nitrogen functional groups attached to an aromatic ring is 1. The van der Waals surface area contributed by atoms with Crippen molar-refractivity contribution in [3.05, 3.63) is 84.0 Å². The van der Waals surface area contributed by atoms with E-state index >= 15 is 0 Å². The molecule has 2 bridgehead atoms. The first-order valence-corrected chi connectivity index (χ1v) is 45.8. The number of anilines is 2. The Balaban J connectivity index is 0.584. The molecule has 0 radical (unpaired) electrons. The monoisotopic (exact) mass is 1810 g/mol. The van der Waals surface area contributed by atoms with Gasteiger partial charge in [-0.2, -0.15) is 10.1 Å². The van der Waals surface area contributed by atoms with Crippen molar-refractivity contribution in [2.75, 3.05) is 178 Å². The molecule has 2 saturated heterocycles. The molecule has 2 amide bonds. The number of piperidine rings is 1. The molecule has 0 spiro atoms. The fourth-order valence-corrected chi connectivity index (χ4v) is 16.7. The van der Waals surface area contributed by atoms with E-state index in [0.29, 0.717) is 219 Å². The number of rotatable bonds is 46. The molecule has 4 aromatic heterocycles. The number of aliphatic hydroxyl groups is 2. The van der Waals surface area contributed by atoms with Gasteiger partial charge in [-0.15, -0.1) is 5.10 Å². The van der Waals surface area contributed by atoms with Gasteiger partial charge in [0.25, 0.3) is 17.7 Å². The number of amides is 2. The Labute approximate surface area is 757 Å². The summed E-state index contributed by atoms with van der Waals surface area (Å²) in [6.07, 6.45) is 16.5. The summed E-state index contributed by atoms with van der Waals surface area (Å²) in [7, 11) is 8.47. The third-order valence-electron chi connectivity index (χ3n) is 24.1. The van der Waals surface area contributed by atoms with Gasteiger partial charge in [0.05, 0.1) is 168 Å². The van der Waals surface area contributed by atoms with Gasteiger partial charge in [-0.3, -0.25) is 24.0 Å². The lowest BCUT2D eigenvalue weighted by atomic mass is 9.78. The standard InChI is InChI=1S/C93H142N12O24/c1-62-20-14-13-15-21-63(2)78(114-10)57-72-26-23-68(7)93(113,129-72)87(110)90(111)104-31-18-16-22-74(104)91(112)127-79(58-75(106)64(3)53-67(6)85(109)86(116-12)84(108)66(5)52-62)65(4)54-69-24-27-77(80(55-69)115-11)126-51-50-125-60-71-59-103(101-99-71)33-35-118-37-39-120-41-43-122-45-47-124-49-48-123-46-44-121-42-40-119-38-36-117-34-29-81(107)95-30-17-19-32-105-89-82(88(102(8)9)96-61-97-89)83(100-105)70-25-28-76-73(56-70)98-92(94)128-76/h13-15,20-21,25,28,53,56,59,61-62,64-66,68-69,72,74,77-80,85-86,109,113H,16-19,22-24,26-27,29-52,54-55,57-58,60H2,1-12H3,(H2,94,98)(H,95,107)/b15-13+,20-14+,63-21+,67-53+/t62-,64-,65-,66-,68-,69+,72+,74+,77-,78+,79+,80-,85-,86+,93-/m1/s1. The molecular formula is C93H142N12O24. The van der Waals surface area contributed by atoms with E-state index < -0.39 is 77.8 Å². The van der Waals surface area contributed by atoms with Gasteiger partial charge >= 0.3 is 5.97 Å². The van der Waals surface area contributed by atoms with Gasteiger partial charge in [0, 0.05) is 97.6 Å². The van der Waals surface area contributed by atoms with Crippen LogP contribution in [0.4, 0.5) is 11.8 Å². The number of ketones is 3. The van der Waals surface area contributed by atoms with Crippen LogP contribution in [0.15, 0.2) is 82.7 Å². The number of carbonyl (C=O) groups excluding carboxylic acids is 6. The van der Waals surface area contributed by atoms with Gasteiger partial charge in [0.15, 0.2) is 17.0 Å². The summed E-state index contributed by atoms with van der Waals surface area (Å²) in [6.45, 7) is 21.7. The first kappa shape index (κ1) is 104. The summed E-state index contributed by atoms with van der Waals surface area (Å²) in [4.78, 5) is 101. The van der Waals surface area contributed by atoms with Gasteiger partial charge < -0.3 is 107 Å². The number of ether oxygens (including phenoxy) is 15. The highest BCUT2D eigenvalue weighted by Crippen LogP contribution is 2.40. The van der Waals surface area contributed by atoms with Crippen molar-refractivity contribution >= 4 is 69.1 Å². The number of esters is 1. The van der Waals surface area contributed by atoms with Crippen LogP contribution in [0.3, 0.4) is 0 Å². The second kappa shape index (κ2) is 55.3. The van der Waals surface area contributed by atoms with E-state index in [-0.39, 0.29) is 85.9 Å². The van der Waals surface area contributed by atoms with Crippen molar-refractivity contribution in [1.82, 2.24) is 49.9 Å². The lowest BCUT2D eigenvalue weighted by Gasteiger charge is -2.42. The number of Topliss-reactive ketones (excluding diaryl/α,β-unsaturated/α-hetero) is 3. The third-order valence-corrected chi connectivity index (χ3v) is 24.1. The smallest absolute Gasteiger partial charge is 0.329 e. The molecule has 5 N–H and O–H groups in total. The fraction of sp³-hybridized carbons (Fsp3) is 0.699. The van der Waals surface area contributed by atoms with Crippen LogP contribution in [0, 0.1) is 35.5 Å².